The summed E-state index contributed by atoms with van der Waals surface area (Å²) in [4.78, 5) is 23.2. The van der Waals surface area contributed by atoms with Crippen LogP contribution < -0.4 is 5.32 Å². The van der Waals surface area contributed by atoms with Crippen LogP contribution in [0.3, 0.4) is 0 Å². The molecule has 3 heterocycles. The molecule has 5 rings (SSSR count). The summed E-state index contributed by atoms with van der Waals surface area (Å²) in [5.74, 6) is -4.27. The molecule has 1 saturated heterocycles. The first-order valence-corrected chi connectivity index (χ1v) is 13.0. The molecule has 206 valence electrons. The average Bonchev–Trinajstić information content (AvgIpc) is 3.45. The van der Waals surface area contributed by atoms with Gasteiger partial charge in [-0.05, 0) is 49.1 Å². The number of fused-ring (bicyclic) bond motifs is 2. The molecule has 39 heavy (non-hydrogen) atoms. The highest BCUT2D eigenvalue weighted by Crippen LogP contribution is 2.46. The number of nitrogens with one attached hydrogen (secondary N) is 1. The van der Waals surface area contributed by atoms with Crippen molar-refractivity contribution in [3.63, 3.8) is 0 Å². The highest BCUT2D eigenvalue weighted by molar-refractivity contribution is 7.89. The van der Waals surface area contributed by atoms with E-state index in [9.17, 15) is 39.6 Å². The third kappa shape index (κ3) is 5.07. The number of hydrogen-bond acceptors (Lipinski definition) is 6. The van der Waals surface area contributed by atoms with Gasteiger partial charge in [-0.2, -0.15) is 17.5 Å². The van der Waals surface area contributed by atoms with Crippen LogP contribution in [0.1, 0.15) is 24.2 Å². The Hall–Kier alpha value is -3.59. The number of halogens is 6. The number of amides is 1. The largest absolute Gasteiger partial charge is 0.451 e. The molecule has 1 N–H and O–H groups in total. The number of nitrogens with zero attached hydrogens (tertiary/aromatic N) is 4. The Balaban J connectivity index is 1.36. The number of alkyl halides is 4. The number of hydrogen-bond donors (Lipinski definition) is 1. The molecular weight excluding hydrogens is 552 g/mol. The van der Waals surface area contributed by atoms with Crippen molar-refractivity contribution in [1.82, 2.24) is 24.6 Å². The maximum absolute atomic E-state index is 14.6. The third-order valence-corrected chi connectivity index (χ3v) is 8.70. The fourth-order valence-electron chi connectivity index (χ4n) is 4.99. The van der Waals surface area contributed by atoms with Crippen molar-refractivity contribution in [2.45, 2.75) is 48.7 Å². The fourth-order valence-corrected chi connectivity index (χ4v) is 6.85. The van der Waals surface area contributed by atoms with Crippen molar-refractivity contribution in [2.24, 2.45) is 5.92 Å². The van der Waals surface area contributed by atoms with E-state index in [1.165, 1.54) is 6.07 Å². The zero-order valence-electron chi connectivity index (χ0n) is 19.7. The molecule has 2 bridgehead atoms. The molecular formula is C24H19F6N5O3S. The Morgan fingerprint density at radius 3 is 2.33 bits per heavy atom. The molecule has 0 spiro atoms. The molecule has 2 aliphatic rings. The Morgan fingerprint density at radius 2 is 1.69 bits per heavy atom. The predicted molar refractivity (Wildman–Crippen MR) is 123 cm³/mol. The molecule has 1 saturated carbocycles. The second-order valence-electron chi connectivity index (χ2n) is 9.22. The summed E-state index contributed by atoms with van der Waals surface area (Å²) in [6.45, 7) is -0.418. The molecule has 8 nitrogen and oxygen atoms in total. The minimum absolute atomic E-state index is 0.0279. The van der Waals surface area contributed by atoms with E-state index in [1.807, 2.05) is 0 Å². The van der Waals surface area contributed by atoms with Crippen LogP contribution in [0, 0.1) is 17.6 Å². The Morgan fingerprint density at radius 1 is 1.03 bits per heavy atom. The van der Waals surface area contributed by atoms with Gasteiger partial charge in [-0.25, -0.2) is 31.6 Å². The number of benzene rings is 1. The Labute approximate surface area is 218 Å². The van der Waals surface area contributed by atoms with Crippen molar-refractivity contribution in [3.8, 4) is 11.3 Å². The smallest absolute Gasteiger partial charge is 0.351 e. The molecule has 1 aliphatic heterocycles. The normalized spacial score (nSPS) is 23.2. The predicted octanol–water partition coefficient (Wildman–Crippen LogP) is 3.64. The lowest BCUT2D eigenvalue weighted by Gasteiger charge is -2.35. The summed E-state index contributed by atoms with van der Waals surface area (Å²) >= 11 is 0. The van der Waals surface area contributed by atoms with Gasteiger partial charge in [0.25, 0.3) is 0 Å². The van der Waals surface area contributed by atoms with E-state index in [1.54, 1.807) is 0 Å². The lowest BCUT2D eigenvalue weighted by Crippen LogP contribution is -2.55. The number of carbonyl (C=O) groups is 1. The molecule has 4 atom stereocenters. The van der Waals surface area contributed by atoms with Gasteiger partial charge in [0.2, 0.25) is 21.8 Å². The minimum atomic E-state index is -4.75. The quantitative estimate of drug-likeness (QED) is 0.453. The van der Waals surface area contributed by atoms with Gasteiger partial charge in [-0.15, -0.1) is 0 Å². The van der Waals surface area contributed by atoms with Gasteiger partial charge in [0.15, 0.2) is 0 Å². The van der Waals surface area contributed by atoms with Crippen LogP contribution in [-0.4, -0.2) is 51.8 Å². The van der Waals surface area contributed by atoms with Crippen LogP contribution in [0.15, 0.2) is 53.8 Å². The van der Waals surface area contributed by atoms with Crippen LogP contribution in [0.25, 0.3) is 11.3 Å². The van der Waals surface area contributed by atoms with Gasteiger partial charge in [0.05, 0.1) is 22.8 Å². The van der Waals surface area contributed by atoms with Gasteiger partial charge >= 0.3 is 6.18 Å². The monoisotopic (exact) mass is 571 g/mol. The summed E-state index contributed by atoms with van der Waals surface area (Å²) in [6.07, 6.45) is -3.59. The summed E-state index contributed by atoms with van der Waals surface area (Å²) in [6, 6.07) is 2.76. The van der Waals surface area contributed by atoms with Crippen molar-refractivity contribution >= 4 is 15.9 Å². The second kappa shape index (κ2) is 9.86. The van der Waals surface area contributed by atoms with E-state index < -0.39 is 70.3 Å². The van der Waals surface area contributed by atoms with E-state index in [0.29, 0.717) is 0 Å². The fraction of sp³-hybridized carbons (Fsp3) is 0.333. The van der Waals surface area contributed by atoms with E-state index >= 15 is 0 Å². The number of pyridine rings is 1. The number of rotatable bonds is 6. The van der Waals surface area contributed by atoms with Gasteiger partial charge in [-0.1, -0.05) is 0 Å². The maximum Gasteiger partial charge on any atom is 0.451 e. The molecule has 2 unspecified atom stereocenters. The van der Waals surface area contributed by atoms with Crippen molar-refractivity contribution < 1.29 is 39.6 Å². The number of sulfonamides is 1. The second-order valence-corrected chi connectivity index (χ2v) is 11.1. The van der Waals surface area contributed by atoms with Crippen molar-refractivity contribution in [3.05, 3.63) is 71.9 Å². The number of carbonyl (C=O) groups excluding carboxylic acids is 1. The van der Waals surface area contributed by atoms with E-state index in [0.717, 1.165) is 47.2 Å². The van der Waals surface area contributed by atoms with Crippen LogP contribution >= 0.6 is 0 Å². The van der Waals surface area contributed by atoms with E-state index in [-0.39, 0.29) is 34.6 Å². The zero-order chi connectivity index (χ0) is 28.1. The molecule has 15 heteroatoms. The van der Waals surface area contributed by atoms with Gasteiger partial charge in [0, 0.05) is 30.1 Å². The summed E-state index contributed by atoms with van der Waals surface area (Å²) < 4.78 is 108. The standard InChI is InChI=1S/C24H19F6N5O3S/c25-15-1-3-16(4-2-15)39(37,38)35-20-7-12(5-17(20)26)21(35)22(36)32-8-13-6-19(31-11-18(13)27)14-9-33-23(34-10-14)24(28,29)30/h1-4,6,9-12,17,20-21H,5,7-8H2,(H,32,36)/t12-,17+,20?,21?/m0/s1. The first-order valence-electron chi connectivity index (χ1n) is 11.6. The van der Waals surface area contributed by atoms with Crippen LogP contribution in [0.4, 0.5) is 26.3 Å². The maximum atomic E-state index is 14.6. The van der Waals surface area contributed by atoms with E-state index in [4.69, 9.17) is 0 Å². The molecule has 3 aromatic rings. The first kappa shape index (κ1) is 27.0. The molecule has 0 radical (unpaired) electrons. The van der Waals surface area contributed by atoms with Crippen LogP contribution in [0.5, 0.6) is 0 Å². The average molecular weight is 572 g/mol. The summed E-state index contributed by atoms with van der Waals surface area (Å²) in [7, 11) is -4.37. The lowest BCUT2D eigenvalue weighted by molar-refractivity contribution is -0.145. The van der Waals surface area contributed by atoms with E-state index in [2.05, 4.69) is 20.3 Å². The minimum Gasteiger partial charge on any atom is -0.351 e. The van der Waals surface area contributed by atoms with Crippen molar-refractivity contribution in [1.29, 1.82) is 0 Å². The highest BCUT2D eigenvalue weighted by Gasteiger charge is 2.58. The molecule has 1 amide bonds. The Kier molecular flexibility index (Phi) is 6.83. The van der Waals surface area contributed by atoms with Crippen LogP contribution in [0.2, 0.25) is 0 Å². The number of aromatic nitrogens is 3. The molecule has 1 aliphatic carbocycles. The van der Waals surface area contributed by atoms with Gasteiger partial charge in [-0.3, -0.25) is 9.78 Å². The molecule has 2 aromatic heterocycles. The molecule has 2 fully saturated rings. The number of piperidine rings is 1. The lowest BCUT2D eigenvalue weighted by atomic mass is 9.98. The van der Waals surface area contributed by atoms with Gasteiger partial charge < -0.3 is 5.32 Å². The zero-order valence-corrected chi connectivity index (χ0v) is 20.6. The third-order valence-electron chi connectivity index (χ3n) is 6.78. The highest BCUT2D eigenvalue weighted by atomic mass is 32.2. The topological polar surface area (TPSA) is 105 Å². The van der Waals surface area contributed by atoms with Gasteiger partial charge in [0.1, 0.15) is 23.8 Å². The molecule has 1 aromatic carbocycles. The SMILES string of the molecule is O=C(NCc1cc(-c2cnc(C(F)(F)F)nc2)ncc1F)C1[C@@H]2CC([C@H](F)C2)N1S(=O)(=O)c1ccc(F)cc1. The summed E-state index contributed by atoms with van der Waals surface area (Å²) in [5, 5.41) is 2.48. The Bertz CT molecular complexity index is 1500. The first-order chi connectivity index (χ1) is 18.4. The summed E-state index contributed by atoms with van der Waals surface area (Å²) in [5.41, 5.74) is 0.0111. The van der Waals surface area contributed by atoms with Crippen molar-refractivity contribution in [2.75, 3.05) is 0 Å². The van der Waals surface area contributed by atoms with Crippen LogP contribution in [-0.2, 0) is 27.5 Å².